The van der Waals surface area contributed by atoms with Gasteiger partial charge in [0.1, 0.15) is 18.3 Å². The van der Waals surface area contributed by atoms with E-state index in [1.54, 1.807) is 0 Å². The summed E-state index contributed by atoms with van der Waals surface area (Å²) in [6.45, 7) is 1.51. The number of aliphatic hydroxyl groups is 3. The second-order valence-corrected chi connectivity index (χ2v) is 6.83. The Bertz CT molecular complexity index is 341. The molecule has 0 saturated carbocycles. The summed E-state index contributed by atoms with van der Waals surface area (Å²) in [6.07, 6.45) is -0.578. The van der Waals surface area contributed by atoms with Crippen LogP contribution >= 0.6 is 0 Å². The van der Waals surface area contributed by atoms with Crippen LogP contribution in [0.4, 0.5) is 0 Å². The zero-order valence-corrected chi connectivity index (χ0v) is 11.3. The minimum atomic E-state index is -3.61. The van der Waals surface area contributed by atoms with Crippen LogP contribution in [0.5, 0.6) is 0 Å². The Morgan fingerprint density at radius 3 is 2.28 bits per heavy atom. The molecule has 0 aromatic carbocycles. The molecule has 1 rings (SSSR count). The number of aliphatic hydroxyl groups excluding tert-OH is 3. The van der Waals surface area contributed by atoms with E-state index >= 15 is 0 Å². The molecule has 1 saturated heterocycles. The highest BCUT2D eigenvalue weighted by Gasteiger charge is 2.48. The first kappa shape index (κ1) is 15.8. The molecule has 0 aliphatic carbocycles. The summed E-state index contributed by atoms with van der Waals surface area (Å²) in [5.74, 6) is -0.0698. The van der Waals surface area contributed by atoms with Gasteiger partial charge in [-0.05, 0) is 6.42 Å². The molecule has 0 aromatic rings. The van der Waals surface area contributed by atoms with Crippen molar-refractivity contribution in [3.05, 3.63) is 0 Å². The average Bonchev–Trinajstić information content (AvgIpc) is 2.62. The summed E-state index contributed by atoms with van der Waals surface area (Å²) in [4.78, 5) is 0. The summed E-state index contributed by atoms with van der Waals surface area (Å²) in [5, 5.41) is 28.0. The number of rotatable bonds is 7. The average molecular weight is 282 g/mol. The fourth-order valence-corrected chi connectivity index (χ4v) is 3.75. The summed E-state index contributed by atoms with van der Waals surface area (Å²) in [5.41, 5.74) is -1.42. The molecule has 18 heavy (non-hydrogen) atoms. The Morgan fingerprint density at radius 1 is 1.11 bits per heavy atom. The van der Waals surface area contributed by atoms with Crippen molar-refractivity contribution in [2.24, 2.45) is 0 Å². The lowest BCUT2D eigenvalue weighted by Gasteiger charge is -2.15. The minimum Gasteiger partial charge on any atom is -0.394 e. The zero-order chi connectivity index (χ0) is 13.8. The fraction of sp³-hybridized carbons (Fsp3) is 1.00. The van der Waals surface area contributed by atoms with E-state index < -0.39 is 40.2 Å². The minimum absolute atomic E-state index is 0.0698. The van der Waals surface area contributed by atoms with Crippen molar-refractivity contribution in [2.75, 3.05) is 12.4 Å². The van der Waals surface area contributed by atoms with Crippen LogP contribution in [0.3, 0.4) is 0 Å². The normalized spacial score (nSPS) is 32.9. The van der Waals surface area contributed by atoms with Gasteiger partial charge in [-0.3, -0.25) is 0 Å². The third kappa shape index (κ3) is 3.64. The predicted octanol–water partition coefficient (Wildman–Crippen LogP) is -0.580. The van der Waals surface area contributed by atoms with Crippen molar-refractivity contribution >= 4 is 9.84 Å². The topological polar surface area (TPSA) is 104 Å². The number of ether oxygens (including phenoxy) is 1. The van der Waals surface area contributed by atoms with Crippen molar-refractivity contribution in [2.45, 2.75) is 56.4 Å². The van der Waals surface area contributed by atoms with Crippen LogP contribution in [0, 0.1) is 0 Å². The maximum Gasteiger partial charge on any atom is 0.187 e. The quantitative estimate of drug-likeness (QED) is 0.540. The van der Waals surface area contributed by atoms with Crippen LogP contribution in [-0.4, -0.2) is 59.8 Å². The van der Waals surface area contributed by atoms with Crippen LogP contribution in [0.15, 0.2) is 0 Å². The number of sulfone groups is 1. The third-order valence-electron chi connectivity index (χ3n) is 3.13. The summed E-state index contributed by atoms with van der Waals surface area (Å²) < 4.78 is 28.9. The molecule has 3 N–H and O–H groups in total. The molecule has 0 spiro atoms. The Balaban J connectivity index is 2.57. The molecule has 1 heterocycles. The monoisotopic (exact) mass is 282 g/mol. The fourth-order valence-electron chi connectivity index (χ4n) is 2.01. The van der Waals surface area contributed by atoms with Gasteiger partial charge in [0.05, 0.1) is 12.4 Å². The van der Waals surface area contributed by atoms with Gasteiger partial charge in [-0.1, -0.05) is 26.2 Å². The smallest absolute Gasteiger partial charge is 0.187 e. The van der Waals surface area contributed by atoms with Crippen molar-refractivity contribution < 1.29 is 28.5 Å². The Morgan fingerprint density at radius 2 is 1.78 bits per heavy atom. The van der Waals surface area contributed by atoms with Crippen LogP contribution in [0.1, 0.15) is 32.6 Å². The molecule has 7 heteroatoms. The Kier molecular flexibility index (Phi) is 6.00. The van der Waals surface area contributed by atoms with E-state index in [0.29, 0.717) is 6.42 Å². The van der Waals surface area contributed by atoms with Gasteiger partial charge < -0.3 is 20.1 Å². The molecular formula is C11H22O6S. The lowest BCUT2D eigenvalue weighted by atomic mass is 10.2. The molecule has 0 aromatic heterocycles. The maximum atomic E-state index is 11.9. The van der Waals surface area contributed by atoms with Crippen molar-refractivity contribution in [3.8, 4) is 0 Å². The van der Waals surface area contributed by atoms with Crippen LogP contribution in [-0.2, 0) is 14.6 Å². The summed E-state index contributed by atoms with van der Waals surface area (Å²) in [7, 11) is -3.61. The van der Waals surface area contributed by atoms with Gasteiger partial charge >= 0.3 is 0 Å². The lowest BCUT2D eigenvalue weighted by molar-refractivity contribution is -0.00880. The first-order valence-corrected chi connectivity index (χ1v) is 7.99. The summed E-state index contributed by atoms with van der Waals surface area (Å²) >= 11 is 0. The molecular weight excluding hydrogens is 260 g/mol. The SMILES string of the molecule is CCCCCCS(=O)(=O)[C@@H]1O[C@H](CO)[C@@H](O)[C@@H]1O. The lowest BCUT2D eigenvalue weighted by Crippen LogP contribution is -2.37. The Labute approximate surface area is 108 Å². The third-order valence-corrected chi connectivity index (χ3v) is 5.09. The standard InChI is InChI=1S/C11H22O6S/c1-2-3-4-5-6-18(15,16)11-10(14)9(13)8(7-12)17-11/h8-14H,2-7H2,1H3/t8-,9-,10+,11+/m1/s1. The highest BCUT2D eigenvalue weighted by atomic mass is 32.2. The highest BCUT2D eigenvalue weighted by molar-refractivity contribution is 7.91. The number of unbranched alkanes of at least 4 members (excludes halogenated alkanes) is 3. The highest BCUT2D eigenvalue weighted by Crippen LogP contribution is 2.26. The van der Waals surface area contributed by atoms with E-state index in [0.717, 1.165) is 19.3 Å². The first-order valence-electron chi connectivity index (χ1n) is 6.28. The summed E-state index contributed by atoms with van der Waals surface area (Å²) in [6, 6.07) is 0. The maximum absolute atomic E-state index is 11.9. The van der Waals surface area contributed by atoms with Gasteiger partial charge in [-0.2, -0.15) is 0 Å². The van der Waals surface area contributed by atoms with Gasteiger partial charge in [-0.25, -0.2) is 8.42 Å². The van der Waals surface area contributed by atoms with E-state index in [-0.39, 0.29) is 5.75 Å². The molecule has 0 bridgehead atoms. The van der Waals surface area contributed by atoms with Crippen molar-refractivity contribution in [3.63, 3.8) is 0 Å². The van der Waals surface area contributed by atoms with E-state index in [1.807, 2.05) is 6.92 Å². The molecule has 1 aliphatic heterocycles. The predicted molar refractivity (Wildman–Crippen MR) is 65.7 cm³/mol. The van der Waals surface area contributed by atoms with Crippen molar-refractivity contribution in [1.29, 1.82) is 0 Å². The van der Waals surface area contributed by atoms with Crippen LogP contribution in [0.2, 0.25) is 0 Å². The van der Waals surface area contributed by atoms with Gasteiger partial charge in [-0.15, -0.1) is 0 Å². The first-order chi connectivity index (χ1) is 8.44. The number of hydrogen-bond acceptors (Lipinski definition) is 6. The van der Waals surface area contributed by atoms with Gasteiger partial charge in [0.25, 0.3) is 0 Å². The molecule has 0 unspecified atom stereocenters. The number of hydrogen-bond donors (Lipinski definition) is 3. The molecule has 0 radical (unpaired) electrons. The zero-order valence-electron chi connectivity index (χ0n) is 10.5. The van der Waals surface area contributed by atoms with Crippen LogP contribution in [0.25, 0.3) is 0 Å². The molecule has 0 amide bonds. The van der Waals surface area contributed by atoms with E-state index in [1.165, 1.54) is 0 Å². The van der Waals surface area contributed by atoms with Gasteiger partial charge in [0.15, 0.2) is 15.3 Å². The Hall–Kier alpha value is -0.210. The molecule has 1 fully saturated rings. The van der Waals surface area contributed by atoms with E-state index in [4.69, 9.17) is 9.84 Å². The second-order valence-electron chi connectivity index (χ2n) is 4.63. The molecule has 108 valence electrons. The van der Waals surface area contributed by atoms with Gasteiger partial charge in [0.2, 0.25) is 0 Å². The van der Waals surface area contributed by atoms with Gasteiger partial charge in [0, 0.05) is 0 Å². The molecule has 1 aliphatic rings. The van der Waals surface area contributed by atoms with Crippen LogP contribution < -0.4 is 0 Å². The second kappa shape index (κ2) is 6.81. The van der Waals surface area contributed by atoms with E-state index in [2.05, 4.69) is 0 Å². The van der Waals surface area contributed by atoms with Crippen molar-refractivity contribution in [1.82, 2.24) is 0 Å². The largest absolute Gasteiger partial charge is 0.394 e. The molecule has 6 nitrogen and oxygen atoms in total. The molecule has 4 atom stereocenters. The van der Waals surface area contributed by atoms with E-state index in [9.17, 15) is 18.6 Å².